The first-order valence-corrected chi connectivity index (χ1v) is 11.0. The molecule has 6 heteroatoms. The molecule has 164 valence electrons. The highest BCUT2D eigenvalue weighted by Crippen LogP contribution is 2.22. The number of benzene rings is 1. The quantitative estimate of drug-likeness (QED) is 0.474. The second kappa shape index (κ2) is 11.6. The van der Waals surface area contributed by atoms with Gasteiger partial charge in [0.05, 0.1) is 32.1 Å². The second-order valence-corrected chi connectivity index (χ2v) is 8.07. The Morgan fingerprint density at radius 1 is 1.13 bits per heavy atom. The molecule has 30 heavy (non-hydrogen) atoms. The van der Waals surface area contributed by atoms with Crippen molar-refractivity contribution in [2.24, 2.45) is 4.99 Å². The highest BCUT2D eigenvalue weighted by Gasteiger charge is 2.23. The summed E-state index contributed by atoms with van der Waals surface area (Å²) in [6, 6.07) is 12.4. The van der Waals surface area contributed by atoms with Crippen molar-refractivity contribution in [2.45, 2.75) is 70.7 Å². The molecule has 0 amide bonds. The first kappa shape index (κ1) is 22.2. The Hall–Kier alpha value is -2.47. The molecule has 2 aromatic rings. The molecule has 1 aliphatic carbocycles. The summed E-state index contributed by atoms with van der Waals surface area (Å²) in [4.78, 5) is 4.82. The third-order valence-electron chi connectivity index (χ3n) is 5.30. The van der Waals surface area contributed by atoms with Crippen LogP contribution >= 0.6 is 0 Å². The number of aliphatic imine (C=N–C) groups is 1. The zero-order valence-electron chi connectivity index (χ0n) is 18.4. The Kier molecular flexibility index (Phi) is 8.63. The summed E-state index contributed by atoms with van der Waals surface area (Å²) in [5.74, 6) is 2.69. The first-order chi connectivity index (χ1) is 14.6. The van der Waals surface area contributed by atoms with Gasteiger partial charge in [-0.05, 0) is 69.4 Å². The van der Waals surface area contributed by atoms with Crippen LogP contribution in [0, 0.1) is 0 Å². The standard InChI is InChI=1S/C24H35N3O3/c1-18(2)30-23-12-8-20(9-13-23)27-24(25-15-14-22-5-4-16-29-22)26-17-19-6-10-21(28-3)11-7-19/h4-7,10-11,16,18,20,23H,8-9,12-15,17H2,1-3H3,(H2,25,26,27). The van der Waals surface area contributed by atoms with E-state index in [4.69, 9.17) is 18.9 Å². The molecule has 1 fully saturated rings. The monoisotopic (exact) mass is 413 g/mol. The molecular formula is C24H35N3O3. The van der Waals surface area contributed by atoms with E-state index in [1.54, 1.807) is 13.4 Å². The van der Waals surface area contributed by atoms with E-state index in [-0.39, 0.29) is 0 Å². The van der Waals surface area contributed by atoms with E-state index in [0.29, 0.717) is 24.8 Å². The van der Waals surface area contributed by atoms with Crippen molar-refractivity contribution >= 4 is 5.96 Å². The normalized spacial score (nSPS) is 19.7. The van der Waals surface area contributed by atoms with Crippen molar-refractivity contribution < 1.29 is 13.9 Å². The summed E-state index contributed by atoms with van der Waals surface area (Å²) >= 11 is 0. The molecule has 0 unspecified atom stereocenters. The van der Waals surface area contributed by atoms with E-state index in [2.05, 4.69) is 36.6 Å². The number of nitrogens with zero attached hydrogens (tertiary/aromatic N) is 1. The number of guanidine groups is 1. The minimum Gasteiger partial charge on any atom is -0.497 e. The summed E-state index contributed by atoms with van der Waals surface area (Å²) in [6.07, 6.45) is 7.59. The number of ether oxygens (including phenoxy) is 2. The van der Waals surface area contributed by atoms with Crippen molar-refractivity contribution in [2.75, 3.05) is 13.7 Å². The molecule has 0 bridgehead atoms. The number of furan rings is 1. The molecule has 1 saturated carbocycles. The first-order valence-electron chi connectivity index (χ1n) is 11.0. The number of hydrogen-bond acceptors (Lipinski definition) is 4. The van der Waals surface area contributed by atoms with E-state index in [9.17, 15) is 0 Å². The van der Waals surface area contributed by atoms with Crippen LogP contribution in [0.3, 0.4) is 0 Å². The number of methoxy groups -OCH3 is 1. The average Bonchev–Trinajstić information content (AvgIpc) is 3.27. The van der Waals surface area contributed by atoms with Gasteiger partial charge >= 0.3 is 0 Å². The SMILES string of the molecule is COc1ccc(CN=C(NCCc2ccco2)NC2CCC(OC(C)C)CC2)cc1. The molecular weight excluding hydrogens is 378 g/mol. The molecule has 0 atom stereocenters. The molecule has 0 aliphatic heterocycles. The maximum Gasteiger partial charge on any atom is 0.191 e. The van der Waals surface area contributed by atoms with Gasteiger partial charge in [-0.1, -0.05) is 12.1 Å². The van der Waals surface area contributed by atoms with Crippen LogP contribution < -0.4 is 15.4 Å². The lowest BCUT2D eigenvalue weighted by Crippen LogP contribution is -2.46. The highest BCUT2D eigenvalue weighted by atomic mass is 16.5. The summed E-state index contributed by atoms with van der Waals surface area (Å²) in [5, 5.41) is 7.10. The third kappa shape index (κ3) is 7.41. The minimum absolute atomic E-state index is 0.296. The number of rotatable bonds is 9. The van der Waals surface area contributed by atoms with Crippen molar-refractivity contribution in [3.05, 3.63) is 54.0 Å². The van der Waals surface area contributed by atoms with Gasteiger partial charge in [-0.15, -0.1) is 0 Å². The van der Waals surface area contributed by atoms with Crippen LogP contribution in [-0.2, 0) is 17.7 Å². The Bertz CT molecular complexity index is 749. The Balaban J connectivity index is 1.55. The van der Waals surface area contributed by atoms with E-state index < -0.39 is 0 Å². The molecule has 1 heterocycles. The molecule has 3 rings (SSSR count). The minimum atomic E-state index is 0.296. The molecule has 0 spiro atoms. The van der Waals surface area contributed by atoms with Gasteiger partial charge in [0.15, 0.2) is 5.96 Å². The zero-order valence-corrected chi connectivity index (χ0v) is 18.4. The van der Waals surface area contributed by atoms with Crippen LogP contribution in [-0.4, -0.2) is 37.9 Å². The van der Waals surface area contributed by atoms with Crippen LogP contribution in [0.4, 0.5) is 0 Å². The van der Waals surface area contributed by atoms with E-state index in [0.717, 1.165) is 61.7 Å². The van der Waals surface area contributed by atoms with Gasteiger partial charge in [-0.25, -0.2) is 4.99 Å². The lowest BCUT2D eigenvalue weighted by Gasteiger charge is -2.31. The predicted octanol–water partition coefficient (Wildman–Crippen LogP) is 4.30. The summed E-state index contributed by atoms with van der Waals surface area (Å²) in [7, 11) is 1.68. The van der Waals surface area contributed by atoms with Gasteiger partial charge in [-0.2, -0.15) is 0 Å². The average molecular weight is 414 g/mol. The maximum atomic E-state index is 5.98. The Morgan fingerprint density at radius 2 is 1.90 bits per heavy atom. The van der Waals surface area contributed by atoms with Crippen molar-refractivity contribution in [1.82, 2.24) is 10.6 Å². The van der Waals surface area contributed by atoms with Crippen LogP contribution in [0.15, 0.2) is 52.1 Å². The third-order valence-corrected chi connectivity index (χ3v) is 5.30. The molecule has 0 saturated heterocycles. The van der Waals surface area contributed by atoms with Gasteiger partial charge in [0, 0.05) is 19.0 Å². The summed E-state index contributed by atoms with van der Waals surface area (Å²) in [5.41, 5.74) is 1.15. The number of nitrogens with one attached hydrogen (secondary N) is 2. The van der Waals surface area contributed by atoms with Crippen LogP contribution in [0.2, 0.25) is 0 Å². The Labute approximate surface area is 180 Å². The van der Waals surface area contributed by atoms with Gasteiger partial charge < -0.3 is 24.5 Å². The second-order valence-electron chi connectivity index (χ2n) is 8.07. The Morgan fingerprint density at radius 3 is 2.53 bits per heavy atom. The smallest absolute Gasteiger partial charge is 0.191 e. The maximum absolute atomic E-state index is 5.98. The van der Waals surface area contributed by atoms with Gasteiger partial charge in [0.25, 0.3) is 0 Å². The van der Waals surface area contributed by atoms with Crippen LogP contribution in [0.5, 0.6) is 5.75 Å². The van der Waals surface area contributed by atoms with Gasteiger partial charge in [0.1, 0.15) is 11.5 Å². The highest BCUT2D eigenvalue weighted by molar-refractivity contribution is 5.80. The van der Waals surface area contributed by atoms with E-state index in [1.807, 2.05) is 24.3 Å². The topological polar surface area (TPSA) is 68.0 Å². The predicted molar refractivity (Wildman–Crippen MR) is 120 cm³/mol. The van der Waals surface area contributed by atoms with Crippen LogP contribution in [0.25, 0.3) is 0 Å². The fourth-order valence-electron chi connectivity index (χ4n) is 3.73. The van der Waals surface area contributed by atoms with E-state index in [1.165, 1.54) is 0 Å². The lowest BCUT2D eigenvalue weighted by molar-refractivity contribution is -0.0152. The van der Waals surface area contributed by atoms with Gasteiger partial charge in [0.2, 0.25) is 0 Å². The molecule has 1 aromatic carbocycles. The molecule has 0 radical (unpaired) electrons. The summed E-state index contributed by atoms with van der Waals surface area (Å²) < 4.78 is 16.7. The largest absolute Gasteiger partial charge is 0.497 e. The van der Waals surface area contributed by atoms with E-state index >= 15 is 0 Å². The number of hydrogen-bond donors (Lipinski definition) is 2. The summed E-state index contributed by atoms with van der Waals surface area (Å²) in [6.45, 7) is 5.61. The molecule has 1 aliphatic rings. The molecule has 6 nitrogen and oxygen atoms in total. The fraction of sp³-hybridized carbons (Fsp3) is 0.542. The fourth-order valence-corrected chi connectivity index (χ4v) is 3.73. The van der Waals surface area contributed by atoms with Crippen LogP contribution in [0.1, 0.15) is 50.9 Å². The van der Waals surface area contributed by atoms with Gasteiger partial charge in [-0.3, -0.25) is 0 Å². The molecule has 2 N–H and O–H groups in total. The lowest BCUT2D eigenvalue weighted by atomic mass is 9.93. The van der Waals surface area contributed by atoms with Crippen molar-refractivity contribution in [1.29, 1.82) is 0 Å². The van der Waals surface area contributed by atoms with Crippen molar-refractivity contribution in [3.63, 3.8) is 0 Å². The zero-order chi connectivity index (χ0) is 21.2. The molecule has 1 aromatic heterocycles. The van der Waals surface area contributed by atoms with Crippen molar-refractivity contribution in [3.8, 4) is 5.75 Å².